The van der Waals surface area contributed by atoms with Gasteiger partial charge in [0.05, 0.1) is 28.1 Å². The molecule has 0 unspecified atom stereocenters. The fourth-order valence-corrected chi connectivity index (χ4v) is 3.67. The Labute approximate surface area is 177 Å². The second kappa shape index (κ2) is 6.91. The number of nitrogens with zero attached hydrogens (tertiary/aromatic N) is 3. The summed E-state index contributed by atoms with van der Waals surface area (Å²) in [7, 11) is 1.46. The van der Waals surface area contributed by atoms with E-state index in [0.29, 0.717) is 45.2 Å². The van der Waals surface area contributed by atoms with Gasteiger partial charge >= 0.3 is 0 Å². The van der Waals surface area contributed by atoms with E-state index >= 15 is 0 Å². The van der Waals surface area contributed by atoms with Crippen LogP contribution in [0.1, 0.15) is 33.4 Å². The third-order valence-electron chi connectivity index (χ3n) is 5.35. The highest BCUT2D eigenvalue weighted by molar-refractivity contribution is 6.32. The number of imide groups is 1. The first-order valence-electron chi connectivity index (χ1n) is 9.67. The summed E-state index contributed by atoms with van der Waals surface area (Å²) >= 11 is 0. The molecule has 3 amide bonds. The van der Waals surface area contributed by atoms with Gasteiger partial charge in [-0.2, -0.15) is 10.1 Å². The molecule has 0 radical (unpaired) electrons. The van der Waals surface area contributed by atoms with Crippen LogP contribution in [0.25, 0.3) is 17.4 Å². The minimum Gasteiger partial charge on any atom is -0.457 e. The summed E-state index contributed by atoms with van der Waals surface area (Å²) in [6.07, 6.45) is 1.66. The molecule has 3 aromatic rings. The van der Waals surface area contributed by atoms with Gasteiger partial charge in [0.2, 0.25) is 0 Å². The highest BCUT2D eigenvalue weighted by atomic mass is 16.3. The number of hydrogen-bond donors (Lipinski definition) is 0. The summed E-state index contributed by atoms with van der Waals surface area (Å²) < 4.78 is 5.91. The zero-order chi connectivity index (χ0) is 21.7. The van der Waals surface area contributed by atoms with Crippen LogP contribution in [-0.2, 0) is 4.79 Å². The van der Waals surface area contributed by atoms with Gasteiger partial charge in [0.15, 0.2) is 0 Å². The molecule has 152 valence electrons. The van der Waals surface area contributed by atoms with Gasteiger partial charge in [0, 0.05) is 12.6 Å². The zero-order valence-corrected chi connectivity index (χ0v) is 16.8. The number of hydrogen-bond acceptors (Lipinski definition) is 5. The van der Waals surface area contributed by atoms with Crippen molar-refractivity contribution in [3.8, 4) is 11.3 Å². The molecular formula is C24H17N3O4. The van der Waals surface area contributed by atoms with E-state index in [-0.39, 0.29) is 17.7 Å². The van der Waals surface area contributed by atoms with Crippen LogP contribution < -0.4 is 5.01 Å². The van der Waals surface area contributed by atoms with Crippen molar-refractivity contribution in [1.29, 1.82) is 0 Å². The van der Waals surface area contributed by atoms with E-state index in [4.69, 9.17) is 4.42 Å². The second-order valence-electron chi connectivity index (χ2n) is 7.33. The minimum absolute atomic E-state index is 0.230. The molecule has 2 aromatic carbocycles. The van der Waals surface area contributed by atoms with Crippen LogP contribution in [0.15, 0.2) is 75.8 Å². The van der Waals surface area contributed by atoms with E-state index in [1.54, 1.807) is 43.3 Å². The monoisotopic (exact) mass is 411 g/mol. The van der Waals surface area contributed by atoms with Crippen LogP contribution in [0, 0.1) is 0 Å². The number of para-hydroxylation sites is 1. The molecule has 0 atom stereocenters. The van der Waals surface area contributed by atoms with Crippen LogP contribution in [-0.4, -0.2) is 35.4 Å². The fraction of sp³-hybridized carbons (Fsp3) is 0.0833. The normalized spacial score (nSPS) is 17.0. The lowest BCUT2D eigenvalue weighted by atomic mass is 10.0. The smallest absolute Gasteiger partial charge is 0.280 e. The standard InChI is InChI=1S/C24H17N3O4/c1-14-19(24(30)27(25-14)16-6-4-3-5-7-16)13-17-9-11-21(31-17)15-8-10-18-20(12-15)23(29)26(2)22(18)28/h3-13H,1-2H3/b19-13-. The van der Waals surface area contributed by atoms with Crippen molar-refractivity contribution in [2.24, 2.45) is 5.10 Å². The number of rotatable bonds is 3. The van der Waals surface area contributed by atoms with Gasteiger partial charge in [-0.3, -0.25) is 19.3 Å². The number of benzene rings is 2. The van der Waals surface area contributed by atoms with E-state index in [1.807, 2.05) is 30.3 Å². The topological polar surface area (TPSA) is 83.2 Å². The fourth-order valence-electron chi connectivity index (χ4n) is 3.67. The summed E-state index contributed by atoms with van der Waals surface area (Å²) in [6, 6.07) is 17.7. The van der Waals surface area contributed by atoms with E-state index in [1.165, 1.54) is 12.1 Å². The molecule has 0 fully saturated rings. The van der Waals surface area contributed by atoms with Gasteiger partial charge in [0.1, 0.15) is 11.5 Å². The summed E-state index contributed by atoms with van der Waals surface area (Å²) in [4.78, 5) is 38.3. The SMILES string of the molecule is CC1=NN(c2ccccc2)C(=O)/C1=C\c1ccc(-c2ccc3c(c2)C(=O)N(C)C3=O)o1. The molecule has 2 aliphatic heterocycles. The van der Waals surface area contributed by atoms with Crippen molar-refractivity contribution in [3.63, 3.8) is 0 Å². The van der Waals surface area contributed by atoms with Crippen molar-refractivity contribution < 1.29 is 18.8 Å². The summed E-state index contributed by atoms with van der Waals surface area (Å²) in [5.41, 5.74) is 3.15. The van der Waals surface area contributed by atoms with E-state index < -0.39 is 0 Å². The first-order chi connectivity index (χ1) is 14.9. The Balaban J connectivity index is 1.44. The number of amides is 3. The molecule has 7 heteroatoms. The summed E-state index contributed by atoms with van der Waals surface area (Å²) in [6.45, 7) is 1.77. The summed E-state index contributed by atoms with van der Waals surface area (Å²) in [5.74, 6) is 0.146. The van der Waals surface area contributed by atoms with Crippen LogP contribution >= 0.6 is 0 Å². The maximum Gasteiger partial charge on any atom is 0.280 e. The number of anilines is 1. The average molecular weight is 411 g/mol. The predicted molar refractivity (Wildman–Crippen MR) is 116 cm³/mol. The Kier molecular flexibility index (Phi) is 4.18. The van der Waals surface area contributed by atoms with Gasteiger partial charge in [-0.05, 0) is 49.4 Å². The third kappa shape index (κ3) is 2.98. The highest BCUT2D eigenvalue weighted by Crippen LogP contribution is 2.30. The molecular weight excluding hydrogens is 394 g/mol. The first kappa shape index (κ1) is 18.7. The van der Waals surface area contributed by atoms with Crippen LogP contribution in [0.3, 0.4) is 0 Å². The molecule has 2 aliphatic rings. The van der Waals surface area contributed by atoms with Crippen LogP contribution in [0.5, 0.6) is 0 Å². The lowest BCUT2D eigenvalue weighted by Gasteiger charge is -2.10. The lowest BCUT2D eigenvalue weighted by molar-refractivity contribution is -0.114. The molecule has 0 aliphatic carbocycles. The molecule has 1 aromatic heterocycles. The number of hydrazone groups is 1. The molecule has 3 heterocycles. The van der Waals surface area contributed by atoms with Crippen molar-refractivity contribution in [2.75, 3.05) is 12.1 Å². The van der Waals surface area contributed by atoms with Crippen molar-refractivity contribution in [2.45, 2.75) is 6.92 Å². The predicted octanol–water partition coefficient (Wildman–Crippen LogP) is 3.98. The largest absolute Gasteiger partial charge is 0.457 e. The minimum atomic E-state index is -0.333. The molecule has 5 rings (SSSR count). The maximum absolute atomic E-state index is 12.9. The van der Waals surface area contributed by atoms with E-state index in [2.05, 4.69) is 5.10 Å². The maximum atomic E-state index is 12.9. The Hall–Kier alpha value is -4.26. The van der Waals surface area contributed by atoms with Crippen LogP contribution in [0.4, 0.5) is 5.69 Å². The number of furan rings is 1. The second-order valence-corrected chi connectivity index (χ2v) is 7.33. The van der Waals surface area contributed by atoms with Gasteiger partial charge in [-0.25, -0.2) is 0 Å². The molecule has 0 spiro atoms. The Bertz CT molecular complexity index is 1320. The number of fused-ring (bicyclic) bond motifs is 1. The Morgan fingerprint density at radius 3 is 2.39 bits per heavy atom. The zero-order valence-electron chi connectivity index (χ0n) is 16.8. The first-order valence-corrected chi connectivity index (χ1v) is 9.67. The summed E-state index contributed by atoms with van der Waals surface area (Å²) in [5, 5.41) is 5.73. The van der Waals surface area contributed by atoms with Gasteiger partial charge in [0.25, 0.3) is 17.7 Å². The quantitative estimate of drug-likeness (QED) is 0.482. The van der Waals surface area contributed by atoms with Crippen molar-refractivity contribution in [1.82, 2.24) is 4.90 Å². The molecule has 31 heavy (non-hydrogen) atoms. The molecule has 0 saturated heterocycles. The van der Waals surface area contributed by atoms with E-state index in [0.717, 1.165) is 4.90 Å². The Morgan fingerprint density at radius 2 is 1.61 bits per heavy atom. The van der Waals surface area contributed by atoms with Crippen molar-refractivity contribution >= 4 is 35.2 Å². The van der Waals surface area contributed by atoms with Crippen molar-refractivity contribution in [3.05, 3.63) is 83.1 Å². The van der Waals surface area contributed by atoms with Gasteiger partial charge in [-0.15, -0.1) is 0 Å². The van der Waals surface area contributed by atoms with Gasteiger partial charge in [-0.1, -0.05) is 24.3 Å². The number of carbonyl (C=O) groups excluding carboxylic acids is 3. The number of carbonyl (C=O) groups is 3. The third-order valence-corrected chi connectivity index (χ3v) is 5.35. The lowest BCUT2D eigenvalue weighted by Crippen LogP contribution is -2.24. The highest BCUT2D eigenvalue weighted by Gasteiger charge is 2.33. The average Bonchev–Trinajstić information content (AvgIpc) is 3.43. The molecule has 0 saturated carbocycles. The van der Waals surface area contributed by atoms with E-state index in [9.17, 15) is 14.4 Å². The Morgan fingerprint density at radius 1 is 0.871 bits per heavy atom. The van der Waals surface area contributed by atoms with Crippen LogP contribution in [0.2, 0.25) is 0 Å². The molecule has 0 bridgehead atoms. The molecule has 0 N–H and O–H groups in total. The molecule has 7 nitrogen and oxygen atoms in total. The van der Waals surface area contributed by atoms with Gasteiger partial charge < -0.3 is 4.42 Å².